The van der Waals surface area contributed by atoms with Crippen LogP contribution in [0.5, 0.6) is 0 Å². The quantitative estimate of drug-likeness (QED) is 0.363. The zero-order chi connectivity index (χ0) is 23.5. The van der Waals surface area contributed by atoms with Gasteiger partial charge in [0, 0.05) is 11.8 Å². The average molecular weight is 471 g/mol. The molecular formula is C21H20ClFN8O2. The Labute approximate surface area is 192 Å². The number of aromatic nitrogens is 5. The van der Waals surface area contributed by atoms with Crippen LogP contribution in [0.4, 0.5) is 26.5 Å². The molecule has 5 N–H and O–H groups in total. The Hall–Kier alpha value is -3.99. The maximum atomic E-state index is 14.2. The van der Waals surface area contributed by atoms with Gasteiger partial charge in [-0.05, 0) is 25.1 Å². The highest BCUT2D eigenvalue weighted by Crippen LogP contribution is 2.30. The first-order chi connectivity index (χ1) is 15.9. The molecular weight excluding hydrogens is 451 g/mol. The Morgan fingerprint density at radius 1 is 1.21 bits per heavy atom. The Balaban J connectivity index is 1.71. The highest BCUT2D eigenvalue weighted by molar-refractivity contribution is 6.18. The third kappa shape index (κ3) is 4.62. The number of rotatable bonds is 6. The summed E-state index contributed by atoms with van der Waals surface area (Å²) in [6.07, 6.45) is 0.309. The molecule has 170 valence electrons. The number of carbonyl (C=O) groups excluding carboxylic acids is 1. The maximum Gasteiger partial charge on any atom is 0.412 e. The van der Waals surface area contributed by atoms with E-state index in [2.05, 4.69) is 25.4 Å². The molecule has 4 rings (SSSR count). The van der Waals surface area contributed by atoms with Crippen LogP contribution in [0.1, 0.15) is 12.5 Å². The first-order valence-electron chi connectivity index (χ1n) is 9.89. The molecule has 33 heavy (non-hydrogen) atoms. The molecule has 4 aromatic rings. The highest BCUT2D eigenvalue weighted by atomic mass is 35.5. The molecule has 0 aliphatic heterocycles. The summed E-state index contributed by atoms with van der Waals surface area (Å²) >= 11 is 5.65. The second-order valence-corrected chi connectivity index (χ2v) is 7.47. The van der Waals surface area contributed by atoms with E-state index in [1.54, 1.807) is 48.1 Å². The Bertz CT molecular complexity index is 1310. The molecule has 12 heteroatoms. The molecule has 0 saturated carbocycles. The maximum absolute atomic E-state index is 14.2. The van der Waals surface area contributed by atoms with Gasteiger partial charge in [-0.2, -0.15) is 5.10 Å². The number of benzene rings is 1. The average Bonchev–Trinajstić information content (AvgIpc) is 3.16. The van der Waals surface area contributed by atoms with Crippen LogP contribution < -0.4 is 16.8 Å². The monoisotopic (exact) mass is 470 g/mol. The van der Waals surface area contributed by atoms with Gasteiger partial charge in [-0.15, -0.1) is 11.6 Å². The van der Waals surface area contributed by atoms with E-state index < -0.39 is 12.2 Å². The lowest BCUT2D eigenvalue weighted by Gasteiger charge is -2.13. The van der Waals surface area contributed by atoms with E-state index in [1.807, 2.05) is 0 Å². The summed E-state index contributed by atoms with van der Waals surface area (Å²) < 4.78 is 20.8. The van der Waals surface area contributed by atoms with Gasteiger partial charge in [0.15, 0.2) is 23.1 Å². The minimum absolute atomic E-state index is 0.0127. The fourth-order valence-corrected chi connectivity index (χ4v) is 3.21. The van der Waals surface area contributed by atoms with Crippen molar-refractivity contribution >= 4 is 46.1 Å². The normalized spacial score (nSPS) is 12.0. The summed E-state index contributed by atoms with van der Waals surface area (Å²) in [4.78, 5) is 24.9. The zero-order valence-corrected chi connectivity index (χ0v) is 18.3. The Kier molecular flexibility index (Phi) is 6.22. The molecule has 1 unspecified atom stereocenters. The van der Waals surface area contributed by atoms with E-state index in [4.69, 9.17) is 27.8 Å². The Morgan fingerprint density at radius 3 is 2.64 bits per heavy atom. The van der Waals surface area contributed by atoms with Crippen LogP contribution in [0, 0.1) is 5.82 Å². The molecule has 0 saturated heterocycles. The van der Waals surface area contributed by atoms with Gasteiger partial charge in [-0.1, -0.05) is 18.2 Å². The molecule has 0 fully saturated rings. The van der Waals surface area contributed by atoms with E-state index in [-0.39, 0.29) is 41.4 Å². The smallest absolute Gasteiger partial charge is 0.412 e. The highest BCUT2D eigenvalue weighted by Gasteiger charge is 2.21. The van der Waals surface area contributed by atoms with Crippen LogP contribution in [0.2, 0.25) is 0 Å². The van der Waals surface area contributed by atoms with E-state index in [1.165, 1.54) is 6.07 Å². The standard InChI is InChI=1S/C21H20ClFN8O2/c1-11(9-22)33-21(32)27-16-17(24)28-19(29-18(16)25)15-13-6-4-8-26-20(13)31(30-15)10-12-5-2-3-7-14(12)23/h2-8,11H,9-10H2,1H3,(H,27,32)(H4,24,25,28,29). The van der Waals surface area contributed by atoms with Crippen LogP contribution in [-0.2, 0) is 11.3 Å². The number of ether oxygens (including phenoxy) is 1. The predicted molar refractivity (Wildman–Crippen MR) is 123 cm³/mol. The number of nitrogens with one attached hydrogen (secondary N) is 1. The minimum atomic E-state index is -0.790. The molecule has 1 amide bonds. The van der Waals surface area contributed by atoms with Crippen LogP contribution in [0.15, 0.2) is 42.6 Å². The van der Waals surface area contributed by atoms with Gasteiger partial charge in [-0.25, -0.2) is 28.8 Å². The molecule has 0 radical (unpaired) electrons. The van der Waals surface area contributed by atoms with E-state index in [9.17, 15) is 9.18 Å². The predicted octanol–water partition coefficient (Wildman–Crippen LogP) is 3.42. The number of pyridine rings is 1. The first-order valence-corrected chi connectivity index (χ1v) is 10.4. The molecule has 10 nitrogen and oxygen atoms in total. The third-order valence-electron chi connectivity index (χ3n) is 4.71. The molecule has 0 aliphatic rings. The van der Waals surface area contributed by atoms with Crippen molar-refractivity contribution in [2.24, 2.45) is 0 Å². The van der Waals surface area contributed by atoms with Gasteiger partial charge < -0.3 is 16.2 Å². The number of halogens is 2. The van der Waals surface area contributed by atoms with E-state index in [0.29, 0.717) is 22.3 Å². The van der Waals surface area contributed by atoms with Crippen LogP contribution in [-0.4, -0.2) is 42.8 Å². The number of alkyl halides is 1. The molecule has 3 heterocycles. The summed E-state index contributed by atoms with van der Waals surface area (Å²) in [6.45, 7) is 1.78. The second-order valence-electron chi connectivity index (χ2n) is 7.16. The van der Waals surface area contributed by atoms with Gasteiger partial charge >= 0.3 is 6.09 Å². The topological polar surface area (TPSA) is 147 Å². The molecule has 1 aromatic carbocycles. The van der Waals surface area contributed by atoms with Crippen molar-refractivity contribution in [2.45, 2.75) is 19.6 Å². The molecule has 1 atom stereocenters. The van der Waals surface area contributed by atoms with Crippen LogP contribution >= 0.6 is 11.6 Å². The molecule has 0 aliphatic carbocycles. The van der Waals surface area contributed by atoms with Crippen molar-refractivity contribution in [3.8, 4) is 11.5 Å². The van der Waals surface area contributed by atoms with Gasteiger partial charge in [0.25, 0.3) is 0 Å². The van der Waals surface area contributed by atoms with Crippen molar-refractivity contribution in [3.05, 3.63) is 54.0 Å². The van der Waals surface area contributed by atoms with E-state index >= 15 is 0 Å². The number of anilines is 3. The fourth-order valence-electron chi connectivity index (χ4n) is 3.15. The lowest BCUT2D eigenvalue weighted by Crippen LogP contribution is -2.23. The lowest BCUT2D eigenvalue weighted by atomic mass is 10.2. The van der Waals surface area contributed by atoms with E-state index in [0.717, 1.165) is 0 Å². The zero-order valence-electron chi connectivity index (χ0n) is 17.5. The van der Waals surface area contributed by atoms with Crippen molar-refractivity contribution in [1.29, 1.82) is 0 Å². The van der Waals surface area contributed by atoms with Crippen molar-refractivity contribution < 1.29 is 13.9 Å². The fraction of sp³-hybridized carbons (Fsp3) is 0.190. The number of hydrogen-bond acceptors (Lipinski definition) is 8. The van der Waals surface area contributed by atoms with Gasteiger partial charge in [0.2, 0.25) is 0 Å². The minimum Gasteiger partial charge on any atom is -0.445 e. The lowest BCUT2D eigenvalue weighted by molar-refractivity contribution is 0.131. The molecule has 0 spiro atoms. The number of nitrogens with zero attached hydrogens (tertiary/aromatic N) is 5. The summed E-state index contributed by atoms with van der Waals surface area (Å²) in [5, 5.41) is 7.60. The number of amides is 1. The van der Waals surface area contributed by atoms with Crippen molar-refractivity contribution in [3.63, 3.8) is 0 Å². The van der Waals surface area contributed by atoms with Gasteiger partial charge in [-0.3, -0.25) is 5.32 Å². The largest absolute Gasteiger partial charge is 0.445 e. The molecule has 0 bridgehead atoms. The number of nitrogens with two attached hydrogens (primary N) is 2. The second kappa shape index (κ2) is 9.25. The summed E-state index contributed by atoms with van der Waals surface area (Å²) in [5.74, 6) is -0.246. The Morgan fingerprint density at radius 2 is 1.94 bits per heavy atom. The van der Waals surface area contributed by atoms with Crippen molar-refractivity contribution in [2.75, 3.05) is 22.7 Å². The summed E-state index contributed by atoms with van der Waals surface area (Å²) in [7, 11) is 0. The number of fused-ring (bicyclic) bond motifs is 1. The molecule has 3 aromatic heterocycles. The number of hydrogen-bond donors (Lipinski definition) is 3. The van der Waals surface area contributed by atoms with Crippen molar-refractivity contribution in [1.82, 2.24) is 24.7 Å². The van der Waals surface area contributed by atoms with Crippen LogP contribution in [0.3, 0.4) is 0 Å². The number of nitrogen functional groups attached to an aromatic ring is 2. The van der Waals surface area contributed by atoms with Gasteiger partial charge in [0.05, 0.1) is 17.8 Å². The number of carbonyl (C=O) groups is 1. The summed E-state index contributed by atoms with van der Waals surface area (Å²) in [6, 6.07) is 9.93. The SMILES string of the molecule is CC(CCl)OC(=O)Nc1c(N)nc(-c2nn(Cc3ccccc3F)c3ncccc23)nc1N. The van der Waals surface area contributed by atoms with Gasteiger partial charge in [0.1, 0.15) is 23.3 Å². The third-order valence-corrected chi connectivity index (χ3v) is 5.15. The first kappa shape index (κ1) is 22.2. The van der Waals surface area contributed by atoms with Crippen LogP contribution in [0.25, 0.3) is 22.6 Å². The summed E-state index contributed by atoms with van der Waals surface area (Å²) in [5.41, 5.74) is 13.4.